The van der Waals surface area contributed by atoms with Crippen LogP contribution in [0.15, 0.2) is 23.0 Å². The van der Waals surface area contributed by atoms with Crippen LogP contribution in [0.4, 0.5) is 5.82 Å². The normalized spacial score (nSPS) is 11.0. The minimum absolute atomic E-state index is 0.421. The van der Waals surface area contributed by atoms with Crippen LogP contribution in [-0.2, 0) is 6.42 Å². The molecule has 3 aromatic rings. The van der Waals surface area contributed by atoms with Crippen molar-refractivity contribution in [2.45, 2.75) is 20.3 Å². The van der Waals surface area contributed by atoms with Crippen LogP contribution >= 0.6 is 0 Å². The standard InChI is InChI=1S/C13H16N6O2/c1-3-10-8-12(19-11(16-10)4-5-15-19)14-6-7-20-13-9(2)17-21-18-13/h4-5,8,14H,3,6-7H2,1-2H3. The molecule has 0 radical (unpaired) electrons. The van der Waals surface area contributed by atoms with Gasteiger partial charge in [0.1, 0.15) is 18.1 Å². The molecule has 0 unspecified atom stereocenters. The van der Waals surface area contributed by atoms with Crippen molar-refractivity contribution in [3.8, 4) is 5.88 Å². The smallest absolute Gasteiger partial charge is 0.278 e. The first-order valence-corrected chi connectivity index (χ1v) is 6.77. The summed E-state index contributed by atoms with van der Waals surface area (Å²) in [5.74, 6) is 1.31. The molecule has 8 heteroatoms. The lowest BCUT2D eigenvalue weighted by atomic mass is 10.3. The van der Waals surface area contributed by atoms with E-state index < -0.39 is 0 Å². The molecule has 3 aromatic heterocycles. The molecule has 0 aliphatic heterocycles. The van der Waals surface area contributed by atoms with E-state index in [9.17, 15) is 0 Å². The highest BCUT2D eigenvalue weighted by atomic mass is 16.6. The number of aryl methyl sites for hydroxylation is 2. The van der Waals surface area contributed by atoms with Crippen LogP contribution in [0.25, 0.3) is 5.65 Å². The van der Waals surface area contributed by atoms with Gasteiger partial charge in [0.05, 0.1) is 12.7 Å². The van der Waals surface area contributed by atoms with Gasteiger partial charge < -0.3 is 10.1 Å². The number of hydrogen-bond acceptors (Lipinski definition) is 7. The molecule has 0 aromatic carbocycles. The van der Waals surface area contributed by atoms with E-state index in [1.54, 1.807) is 17.6 Å². The SMILES string of the molecule is CCc1cc(NCCOc2nonc2C)n2nccc2n1. The quantitative estimate of drug-likeness (QED) is 0.687. The number of ether oxygens (including phenoxy) is 1. The summed E-state index contributed by atoms with van der Waals surface area (Å²) in [6, 6.07) is 3.87. The molecule has 0 saturated heterocycles. The van der Waals surface area contributed by atoms with Gasteiger partial charge in [-0.1, -0.05) is 12.1 Å². The lowest BCUT2D eigenvalue weighted by molar-refractivity contribution is 0.261. The second-order valence-electron chi connectivity index (χ2n) is 4.52. The Kier molecular flexibility index (Phi) is 3.67. The number of aromatic nitrogens is 5. The molecule has 0 saturated carbocycles. The summed E-state index contributed by atoms with van der Waals surface area (Å²) in [5, 5.41) is 14.9. The zero-order chi connectivity index (χ0) is 14.7. The van der Waals surface area contributed by atoms with Crippen molar-refractivity contribution < 1.29 is 9.37 Å². The minimum Gasteiger partial charge on any atom is -0.472 e. The second-order valence-corrected chi connectivity index (χ2v) is 4.52. The fourth-order valence-electron chi connectivity index (χ4n) is 1.95. The maximum Gasteiger partial charge on any atom is 0.278 e. The van der Waals surface area contributed by atoms with Gasteiger partial charge in [0.15, 0.2) is 5.65 Å². The Morgan fingerprint density at radius 3 is 3.05 bits per heavy atom. The number of hydrogen-bond donors (Lipinski definition) is 1. The zero-order valence-electron chi connectivity index (χ0n) is 11.9. The second kappa shape index (κ2) is 5.78. The van der Waals surface area contributed by atoms with Crippen molar-refractivity contribution in [3.63, 3.8) is 0 Å². The van der Waals surface area contributed by atoms with Crippen LogP contribution < -0.4 is 10.1 Å². The molecule has 0 aliphatic carbocycles. The minimum atomic E-state index is 0.421. The van der Waals surface area contributed by atoms with Crippen LogP contribution in [0.5, 0.6) is 5.88 Å². The van der Waals surface area contributed by atoms with Crippen molar-refractivity contribution in [1.29, 1.82) is 0 Å². The molecule has 3 heterocycles. The molecule has 3 rings (SSSR count). The van der Waals surface area contributed by atoms with E-state index in [2.05, 4.69) is 37.3 Å². The average Bonchev–Trinajstić information content (AvgIpc) is 3.12. The highest BCUT2D eigenvalue weighted by Crippen LogP contribution is 2.13. The van der Waals surface area contributed by atoms with Crippen molar-refractivity contribution >= 4 is 11.5 Å². The first-order valence-electron chi connectivity index (χ1n) is 6.77. The molecule has 0 spiro atoms. The summed E-state index contributed by atoms with van der Waals surface area (Å²) >= 11 is 0. The Hall–Kier alpha value is -2.64. The van der Waals surface area contributed by atoms with Gasteiger partial charge in [0, 0.05) is 17.8 Å². The van der Waals surface area contributed by atoms with E-state index in [1.807, 2.05) is 12.1 Å². The van der Waals surface area contributed by atoms with Crippen LogP contribution in [0, 0.1) is 6.92 Å². The van der Waals surface area contributed by atoms with E-state index in [0.717, 1.165) is 23.6 Å². The van der Waals surface area contributed by atoms with Gasteiger partial charge >= 0.3 is 0 Å². The van der Waals surface area contributed by atoms with E-state index >= 15 is 0 Å². The molecule has 0 bridgehead atoms. The first-order chi connectivity index (χ1) is 10.3. The third-order valence-electron chi connectivity index (χ3n) is 3.03. The maximum atomic E-state index is 5.47. The van der Waals surface area contributed by atoms with Gasteiger partial charge in [-0.25, -0.2) is 9.61 Å². The number of nitrogens with one attached hydrogen (secondary N) is 1. The molecule has 0 fully saturated rings. The molecule has 0 amide bonds. The van der Waals surface area contributed by atoms with Gasteiger partial charge in [-0.3, -0.25) is 0 Å². The van der Waals surface area contributed by atoms with Gasteiger partial charge in [0.2, 0.25) is 0 Å². The predicted molar refractivity (Wildman–Crippen MR) is 75.4 cm³/mol. The van der Waals surface area contributed by atoms with Crippen molar-refractivity contribution in [2.75, 3.05) is 18.5 Å². The monoisotopic (exact) mass is 288 g/mol. The molecule has 8 nitrogen and oxygen atoms in total. The highest BCUT2D eigenvalue weighted by Gasteiger charge is 2.07. The lowest BCUT2D eigenvalue weighted by Crippen LogP contribution is -2.15. The third kappa shape index (κ3) is 2.78. The van der Waals surface area contributed by atoms with E-state index in [-0.39, 0.29) is 0 Å². The Balaban J connectivity index is 1.65. The van der Waals surface area contributed by atoms with Gasteiger partial charge in [0.25, 0.3) is 5.88 Å². The van der Waals surface area contributed by atoms with Crippen molar-refractivity contribution in [1.82, 2.24) is 24.9 Å². The molecule has 0 atom stereocenters. The topological polar surface area (TPSA) is 90.4 Å². The Morgan fingerprint density at radius 1 is 1.38 bits per heavy atom. The zero-order valence-corrected chi connectivity index (χ0v) is 11.9. The maximum absolute atomic E-state index is 5.47. The summed E-state index contributed by atoms with van der Waals surface area (Å²) in [6.07, 6.45) is 2.60. The number of nitrogens with zero attached hydrogens (tertiary/aromatic N) is 5. The molecular weight excluding hydrogens is 272 g/mol. The van der Waals surface area contributed by atoms with Gasteiger partial charge in [-0.2, -0.15) is 9.61 Å². The predicted octanol–water partition coefficient (Wildman–Crippen LogP) is 1.47. The molecule has 1 N–H and O–H groups in total. The van der Waals surface area contributed by atoms with E-state index in [4.69, 9.17) is 4.74 Å². The fraction of sp³-hybridized carbons (Fsp3) is 0.385. The highest BCUT2D eigenvalue weighted by molar-refractivity contribution is 5.49. The summed E-state index contributed by atoms with van der Waals surface area (Å²) < 4.78 is 11.8. The van der Waals surface area contributed by atoms with Crippen molar-refractivity contribution in [2.24, 2.45) is 0 Å². The number of fused-ring (bicyclic) bond motifs is 1. The van der Waals surface area contributed by atoms with Crippen LogP contribution in [0.1, 0.15) is 18.3 Å². The average molecular weight is 288 g/mol. The van der Waals surface area contributed by atoms with Gasteiger partial charge in [-0.05, 0) is 18.5 Å². The first kappa shape index (κ1) is 13.3. The lowest BCUT2D eigenvalue weighted by Gasteiger charge is -2.10. The Morgan fingerprint density at radius 2 is 2.29 bits per heavy atom. The van der Waals surface area contributed by atoms with E-state index in [0.29, 0.717) is 24.7 Å². The molecule has 0 aliphatic rings. The van der Waals surface area contributed by atoms with Crippen LogP contribution in [-0.4, -0.2) is 38.1 Å². The fourth-order valence-corrected chi connectivity index (χ4v) is 1.95. The largest absolute Gasteiger partial charge is 0.472 e. The van der Waals surface area contributed by atoms with Crippen LogP contribution in [0.2, 0.25) is 0 Å². The molecular formula is C13H16N6O2. The van der Waals surface area contributed by atoms with Crippen LogP contribution in [0.3, 0.4) is 0 Å². The summed E-state index contributed by atoms with van der Waals surface area (Å²) in [6.45, 7) is 4.90. The number of anilines is 1. The third-order valence-corrected chi connectivity index (χ3v) is 3.03. The summed E-state index contributed by atoms with van der Waals surface area (Å²) in [5.41, 5.74) is 2.49. The molecule has 110 valence electrons. The van der Waals surface area contributed by atoms with Crippen molar-refractivity contribution in [3.05, 3.63) is 29.7 Å². The number of rotatable bonds is 6. The summed E-state index contributed by atoms with van der Waals surface area (Å²) in [7, 11) is 0. The van der Waals surface area contributed by atoms with Gasteiger partial charge in [-0.15, -0.1) is 0 Å². The summed E-state index contributed by atoms with van der Waals surface area (Å²) in [4.78, 5) is 4.49. The Bertz CT molecular complexity index is 735. The molecule has 21 heavy (non-hydrogen) atoms. The van der Waals surface area contributed by atoms with E-state index in [1.165, 1.54) is 0 Å². The Labute approximate surface area is 121 Å².